The van der Waals surface area contributed by atoms with Crippen molar-refractivity contribution in [3.8, 4) is 0 Å². The van der Waals surface area contributed by atoms with Gasteiger partial charge in [0.25, 0.3) is 0 Å². The molecular weight excluding hydrogens is 193 g/mol. The summed E-state index contributed by atoms with van der Waals surface area (Å²) in [5, 5.41) is 0. The van der Waals surface area contributed by atoms with Gasteiger partial charge in [0.1, 0.15) is 0 Å². The van der Waals surface area contributed by atoms with Crippen LogP contribution in [0.1, 0.15) is 20.3 Å². The highest BCUT2D eigenvalue weighted by Gasteiger charge is 2.58. The second kappa shape index (κ2) is 3.40. The maximum Gasteiger partial charge on any atom is 0.453 e. The van der Waals surface area contributed by atoms with E-state index in [1.807, 2.05) is 0 Å². The molecule has 0 spiro atoms. The SMILES string of the molecule is CC(C)(CN)CC(F)(F)C(F)(F)F. The first kappa shape index (κ1) is 12.6. The molecule has 0 rings (SSSR count). The van der Waals surface area contributed by atoms with E-state index >= 15 is 0 Å². The molecule has 0 heterocycles. The van der Waals surface area contributed by atoms with Crippen molar-refractivity contribution in [1.29, 1.82) is 0 Å². The average Bonchev–Trinajstić information content (AvgIpc) is 1.83. The maximum absolute atomic E-state index is 12.4. The van der Waals surface area contributed by atoms with Gasteiger partial charge in [0.05, 0.1) is 0 Å². The molecule has 0 aliphatic heterocycles. The van der Waals surface area contributed by atoms with E-state index in [1.165, 1.54) is 13.8 Å². The van der Waals surface area contributed by atoms with Crippen LogP contribution in [0.3, 0.4) is 0 Å². The van der Waals surface area contributed by atoms with E-state index in [4.69, 9.17) is 5.73 Å². The van der Waals surface area contributed by atoms with E-state index in [1.54, 1.807) is 0 Å². The van der Waals surface area contributed by atoms with E-state index in [9.17, 15) is 22.0 Å². The lowest BCUT2D eigenvalue weighted by atomic mass is 9.86. The Kier molecular flexibility index (Phi) is 3.30. The maximum atomic E-state index is 12.4. The molecule has 0 aromatic carbocycles. The predicted molar refractivity (Wildman–Crippen MR) is 38.5 cm³/mol. The zero-order chi connectivity index (χ0) is 10.9. The summed E-state index contributed by atoms with van der Waals surface area (Å²) >= 11 is 0. The van der Waals surface area contributed by atoms with Crippen molar-refractivity contribution in [3.63, 3.8) is 0 Å². The summed E-state index contributed by atoms with van der Waals surface area (Å²) < 4.78 is 60.0. The minimum Gasteiger partial charge on any atom is -0.330 e. The smallest absolute Gasteiger partial charge is 0.330 e. The molecule has 0 atom stereocenters. The number of alkyl halides is 5. The molecule has 13 heavy (non-hydrogen) atoms. The van der Waals surface area contributed by atoms with E-state index in [0.29, 0.717) is 0 Å². The van der Waals surface area contributed by atoms with Gasteiger partial charge in [0.15, 0.2) is 0 Å². The lowest BCUT2D eigenvalue weighted by Crippen LogP contribution is -2.42. The number of rotatable bonds is 3. The first-order valence-electron chi connectivity index (χ1n) is 3.66. The Bertz CT molecular complexity index is 172. The molecule has 0 aliphatic carbocycles. The number of hydrogen-bond donors (Lipinski definition) is 1. The fourth-order valence-electron chi connectivity index (χ4n) is 0.773. The molecule has 0 bridgehead atoms. The minimum atomic E-state index is -5.49. The zero-order valence-electron chi connectivity index (χ0n) is 7.38. The molecule has 0 amide bonds. The van der Waals surface area contributed by atoms with E-state index in [0.717, 1.165) is 0 Å². The molecule has 2 N–H and O–H groups in total. The highest BCUT2D eigenvalue weighted by atomic mass is 19.4. The molecule has 0 aromatic heterocycles. The molecular formula is C7H12F5N. The van der Waals surface area contributed by atoms with Crippen LogP contribution < -0.4 is 5.73 Å². The van der Waals surface area contributed by atoms with Crippen LogP contribution in [-0.2, 0) is 0 Å². The minimum absolute atomic E-state index is 0.210. The van der Waals surface area contributed by atoms with E-state index in [-0.39, 0.29) is 6.54 Å². The van der Waals surface area contributed by atoms with Gasteiger partial charge in [-0.2, -0.15) is 22.0 Å². The lowest BCUT2D eigenvalue weighted by Gasteiger charge is -2.29. The molecule has 1 nitrogen and oxygen atoms in total. The second-order valence-electron chi connectivity index (χ2n) is 3.75. The monoisotopic (exact) mass is 205 g/mol. The molecule has 80 valence electrons. The zero-order valence-corrected chi connectivity index (χ0v) is 7.38. The van der Waals surface area contributed by atoms with Crippen LogP contribution in [-0.4, -0.2) is 18.6 Å². The van der Waals surface area contributed by atoms with Gasteiger partial charge in [0, 0.05) is 6.42 Å². The third-order valence-electron chi connectivity index (χ3n) is 1.67. The summed E-state index contributed by atoms with van der Waals surface area (Å²) in [5.74, 6) is -4.66. The Morgan fingerprint density at radius 1 is 1.00 bits per heavy atom. The summed E-state index contributed by atoms with van der Waals surface area (Å²) in [4.78, 5) is 0. The summed E-state index contributed by atoms with van der Waals surface area (Å²) in [6.45, 7) is 2.33. The van der Waals surface area contributed by atoms with Crippen molar-refractivity contribution in [2.45, 2.75) is 32.4 Å². The Hall–Kier alpha value is -0.390. The van der Waals surface area contributed by atoms with Gasteiger partial charge in [0.2, 0.25) is 0 Å². The molecule has 0 unspecified atom stereocenters. The van der Waals surface area contributed by atoms with Crippen molar-refractivity contribution in [1.82, 2.24) is 0 Å². The standard InChI is InChI=1S/C7H12F5N/c1-5(2,4-13)3-6(8,9)7(10,11)12/h3-4,13H2,1-2H3. The molecule has 0 radical (unpaired) electrons. The summed E-state index contributed by atoms with van der Waals surface area (Å²) in [7, 11) is 0. The third-order valence-corrected chi connectivity index (χ3v) is 1.67. The van der Waals surface area contributed by atoms with Crippen LogP contribution in [0.5, 0.6) is 0 Å². The fraction of sp³-hybridized carbons (Fsp3) is 1.00. The van der Waals surface area contributed by atoms with Gasteiger partial charge < -0.3 is 5.73 Å². The van der Waals surface area contributed by atoms with Gasteiger partial charge in [-0.05, 0) is 12.0 Å². The Morgan fingerprint density at radius 3 is 1.62 bits per heavy atom. The van der Waals surface area contributed by atoms with Crippen molar-refractivity contribution in [2.75, 3.05) is 6.54 Å². The first-order valence-corrected chi connectivity index (χ1v) is 3.66. The van der Waals surface area contributed by atoms with Crippen molar-refractivity contribution in [3.05, 3.63) is 0 Å². The molecule has 0 fully saturated rings. The largest absolute Gasteiger partial charge is 0.453 e. The van der Waals surface area contributed by atoms with Gasteiger partial charge in [-0.25, -0.2) is 0 Å². The van der Waals surface area contributed by atoms with Crippen molar-refractivity contribution < 1.29 is 22.0 Å². The average molecular weight is 205 g/mol. The molecule has 0 saturated heterocycles. The van der Waals surface area contributed by atoms with Gasteiger partial charge >= 0.3 is 12.1 Å². The lowest BCUT2D eigenvalue weighted by molar-refractivity contribution is -0.291. The Morgan fingerprint density at radius 2 is 1.38 bits per heavy atom. The third kappa shape index (κ3) is 3.46. The normalized spacial score (nSPS) is 14.8. The predicted octanol–water partition coefficient (Wildman–Crippen LogP) is 2.56. The highest BCUT2D eigenvalue weighted by molar-refractivity contribution is 4.84. The summed E-state index contributed by atoms with van der Waals surface area (Å²) in [6.07, 6.45) is -6.76. The highest BCUT2D eigenvalue weighted by Crippen LogP contribution is 2.42. The van der Waals surface area contributed by atoms with Crippen LogP contribution in [0, 0.1) is 5.41 Å². The topological polar surface area (TPSA) is 26.0 Å². The fourth-order valence-corrected chi connectivity index (χ4v) is 0.773. The van der Waals surface area contributed by atoms with E-state index in [2.05, 4.69) is 0 Å². The molecule has 6 heteroatoms. The van der Waals surface area contributed by atoms with Crippen LogP contribution in [0.4, 0.5) is 22.0 Å². The molecule has 0 saturated carbocycles. The quantitative estimate of drug-likeness (QED) is 0.704. The van der Waals surface area contributed by atoms with Crippen LogP contribution >= 0.6 is 0 Å². The van der Waals surface area contributed by atoms with Crippen molar-refractivity contribution >= 4 is 0 Å². The first-order chi connectivity index (χ1) is 5.52. The van der Waals surface area contributed by atoms with Crippen LogP contribution in [0.2, 0.25) is 0 Å². The van der Waals surface area contributed by atoms with Gasteiger partial charge in [-0.3, -0.25) is 0 Å². The second-order valence-corrected chi connectivity index (χ2v) is 3.75. The number of halogens is 5. The molecule has 0 aliphatic rings. The van der Waals surface area contributed by atoms with E-state index < -0.39 is 23.9 Å². The van der Waals surface area contributed by atoms with Crippen LogP contribution in [0.15, 0.2) is 0 Å². The van der Waals surface area contributed by atoms with Gasteiger partial charge in [-0.1, -0.05) is 13.8 Å². The van der Waals surface area contributed by atoms with Gasteiger partial charge in [-0.15, -0.1) is 0 Å². The summed E-state index contributed by atoms with van der Waals surface area (Å²) in [5.41, 5.74) is 3.85. The number of hydrogen-bond acceptors (Lipinski definition) is 1. The van der Waals surface area contributed by atoms with Crippen LogP contribution in [0.25, 0.3) is 0 Å². The Labute approximate surface area is 73.1 Å². The summed E-state index contributed by atoms with van der Waals surface area (Å²) in [6, 6.07) is 0. The van der Waals surface area contributed by atoms with Crippen molar-refractivity contribution in [2.24, 2.45) is 11.1 Å². The molecule has 0 aromatic rings. The Balaban J connectivity index is 4.52. The number of nitrogens with two attached hydrogens (primary N) is 1.